The van der Waals surface area contributed by atoms with Crippen molar-refractivity contribution in [2.24, 2.45) is 0 Å². The number of amides is 3. The Hall–Kier alpha value is -3.35. The minimum absolute atomic E-state index is 0.232. The number of hydrogen-bond donors (Lipinski definition) is 2. The summed E-state index contributed by atoms with van der Waals surface area (Å²) >= 11 is 0. The van der Waals surface area contributed by atoms with Crippen molar-refractivity contribution >= 4 is 23.4 Å². The van der Waals surface area contributed by atoms with Crippen molar-refractivity contribution in [3.63, 3.8) is 0 Å². The summed E-state index contributed by atoms with van der Waals surface area (Å²) in [5, 5.41) is 4.88. The van der Waals surface area contributed by atoms with Crippen LogP contribution in [-0.2, 0) is 0 Å². The molecular formula is C17H14N2O5. The molecule has 3 amide bonds. The molecule has 0 saturated heterocycles. The Morgan fingerprint density at radius 1 is 1.00 bits per heavy atom. The summed E-state index contributed by atoms with van der Waals surface area (Å²) in [5.41, 5.74) is 1.21. The van der Waals surface area contributed by atoms with E-state index >= 15 is 0 Å². The molecule has 0 aliphatic carbocycles. The Morgan fingerprint density at radius 3 is 2.46 bits per heavy atom. The van der Waals surface area contributed by atoms with Gasteiger partial charge in [0.1, 0.15) is 0 Å². The lowest BCUT2D eigenvalue weighted by molar-refractivity contribution is 0.0878. The number of fused-ring (bicyclic) bond motifs is 1. The average Bonchev–Trinajstić information content (AvgIpc) is 2.87. The molecule has 7 nitrogen and oxygen atoms in total. The Morgan fingerprint density at radius 2 is 1.75 bits per heavy atom. The molecule has 0 bridgehead atoms. The number of anilines is 1. The minimum atomic E-state index is -0.481. The van der Waals surface area contributed by atoms with Crippen molar-refractivity contribution in [2.75, 3.05) is 19.5 Å². The van der Waals surface area contributed by atoms with E-state index in [1.54, 1.807) is 24.3 Å². The van der Waals surface area contributed by atoms with Gasteiger partial charge in [0.25, 0.3) is 17.7 Å². The monoisotopic (exact) mass is 326 g/mol. The van der Waals surface area contributed by atoms with Crippen LogP contribution in [0, 0.1) is 0 Å². The Bertz CT molecular complexity index is 860. The second-order valence-corrected chi connectivity index (χ2v) is 5.04. The zero-order chi connectivity index (χ0) is 17.3. The fourth-order valence-electron chi connectivity index (χ4n) is 2.51. The standard InChI is InChI=1S/C17H14N2O5/c1-23-13-5-3-4-11(14(13)24-2)16(21)18-9-6-7-10-12(8-9)17(22)19-15(10)20/h3-8H,1-2H3,(H,18,21)(H,19,20,22). The molecule has 3 rings (SSSR count). The number of hydrogen-bond acceptors (Lipinski definition) is 5. The van der Waals surface area contributed by atoms with Gasteiger partial charge in [0.15, 0.2) is 11.5 Å². The number of nitrogens with one attached hydrogen (secondary N) is 2. The van der Waals surface area contributed by atoms with Crippen LogP contribution >= 0.6 is 0 Å². The van der Waals surface area contributed by atoms with E-state index in [1.807, 2.05) is 0 Å². The molecule has 1 aliphatic heterocycles. The van der Waals surface area contributed by atoms with E-state index in [-0.39, 0.29) is 16.7 Å². The van der Waals surface area contributed by atoms with Gasteiger partial charge in [0.2, 0.25) is 0 Å². The van der Waals surface area contributed by atoms with E-state index in [4.69, 9.17) is 9.47 Å². The second-order valence-electron chi connectivity index (χ2n) is 5.04. The number of ether oxygens (including phenoxy) is 2. The SMILES string of the molecule is COc1cccc(C(=O)Nc2ccc3c(c2)C(=O)NC3=O)c1OC. The summed E-state index contributed by atoms with van der Waals surface area (Å²) in [6.45, 7) is 0. The highest BCUT2D eigenvalue weighted by Gasteiger charge is 2.27. The first-order chi connectivity index (χ1) is 11.5. The molecule has 0 atom stereocenters. The molecule has 1 aliphatic rings. The largest absolute Gasteiger partial charge is 0.493 e. The number of carbonyl (C=O) groups excluding carboxylic acids is 3. The Balaban J connectivity index is 1.90. The lowest BCUT2D eigenvalue weighted by atomic mass is 10.1. The van der Waals surface area contributed by atoms with Gasteiger partial charge in [-0.05, 0) is 30.3 Å². The summed E-state index contributed by atoms with van der Waals surface area (Å²) in [7, 11) is 2.93. The second kappa shape index (κ2) is 6.04. The normalized spacial score (nSPS) is 12.4. The van der Waals surface area contributed by atoms with Crippen LogP contribution in [0.3, 0.4) is 0 Å². The van der Waals surface area contributed by atoms with Crippen molar-refractivity contribution in [1.29, 1.82) is 0 Å². The zero-order valence-corrected chi connectivity index (χ0v) is 13.0. The van der Waals surface area contributed by atoms with Gasteiger partial charge in [-0.15, -0.1) is 0 Å². The molecule has 0 aromatic heterocycles. The van der Waals surface area contributed by atoms with E-state index in [1.165, 1.54) is 26.4 Å². The number of imide groups is 1. The van der Waals surface area contributed by atoms with E-state index in [0.29, 0.717) is 17.2 Å². The molecule has 2 N–H and O–H groups in total. The number of benzene rings is 2. The van der Waals surface area contributed by atoms with Gasteiger partial charge in [-0.3, -0.25) is 19.7 Å². The first-order valence-electron chi connectivity index (χ1n) is 7.07. The summed E-state index contributed by atoms with van der Waals surface area (Å²) in [4.78, 5) is 35.7. The van der Waals surface area contributed by atoms with Crippen LogP contribution in [0.15, 0.2) is 36.4 Å². The van der Waals surface area contributed by atoms with Crippen molar-refractivity contribution in [3.8, 4) is 11.5 Å². The molecule has 2 aromatic rings. The molecule has 24 heavy (non-hydrogen) atoms. The quantitative estimate of drug-likeness (QED) is 0.836. The zero-order valence-electron chi connectivity index (χ0n) is 13.0. The molecule has 0 unspecified atom stereocenters. The number of carbonyl (C=O) groups is 3. The van der Waals surface area contributed by atoms with Crippen molar-refractivity contribution in [3.05, 3.63) is 53.1 Å². The van der Waals surface area contributed by atoms with E-state index in [2.05, 4.69) is 10.6 Å². The lowest BCUT2D eigenvalue weighted by Crippen LogP contribution is -2.19. The maximum Gasteiger partial charge on any atom is 0.259 e. The summed E-state index contributed by atoms with van der Waals surface area (Å²) in [5.74, 6) is -0.599. The predicted molar refractivity (Wildman–Crippen MR) is 85.7 cm³/mol. The van der Waals surface area contributed by atoms with Gasteiger partial charge in [-0.1, -0.05) is 6.07 Å². The van der Waals surface area contributed by atoms with Gasteiger partial charge >= 0.3 is 0 Å². The van der Waals surface area contributed by atoms with E-state index < -0.39 is 17.7 Å². The molecule has 0 radical (unpaired) electrons. The van der Waals surface area contributed by atoms with Crippen molar-refractivity contribution in [1.82, 2.24) is 5.32 Å². The maximum absolute atomic E-state index is 12.5. The van der Waals surface area contributed by atoms with Gasteiger partial charge in [0, 0.05) is 5.69 Å². The fraction of sp³-hybridized carbons (Fsp3) is 0.118. The highest BCUT2D eigenvalue weighted by Crippen LogP contribution is 2.31. The molecule has 7 heteroatoms. The molecule has 2 aromatic carbocycles. The highest BCUT2D eigenvalue weighted by atomic mass is 16.5. The predicted octanol–water partition coefficient (Wildman–Crippen LogP) is 1.84. The summed E-state index contributed by atoms with van der Waals surface area (Å²) in [6.07, 6.45) is 0. The first-order valence-corrected chi connectivity index (χ1v) is 7.07. The van der Waals surface area contributed by atoms with Crippen LogP contribution in [-0.4, -0.2) is 31.9 Å². The van der Waals surface area contributed by atoms with Crippen molar-refractivity contribution < 1.29 is 23.9 Å². The van der Waals surface area contributed by atoms with Crippen LogP contribution in [0.1, 0.15) is 31.1 Å². The third-order valence-electron chi connectivity index (χ3n) is 3.64. The van der Waals surface area contributed by atoms with Gasteiger partial charge in [-0.25, -0.2) is 0 Å². The van der Waals surface area contributed by atoms with Gasteiger partial charge < -0.3 is 14.8 Å². The van der Waals surface area contributed by atoms with Crippen LogP contribution in [0.25, 0.3) is 0 Å². The first kappa shape index (κ1) is 15.5. The molecule has 122 valence electrons. The maximum atomic E-state index is 12.5. The molecule has 0 fully saturated rings. The fourth-order valence-corrected chi connectivity index (χ4v) is 2.51. The van der Waals surface area contributed by atoms with Gasteiger partial charge in [0.05, 0.1) is 30.9 Å². The smallest absolute Gasteiger partial charge is 0.259 e. The van der Waals surface area contributed by atoms with Crippen molar-refractivity contribution in [2.45, 2.75) is 0 Å². The number of methoxy groups -OCH3 is 2. The topological polar surface area (TPSA) is 93.7 Å². The number of para-hydroxylation sites is 1. The molecule has 0 spiro atoms. The summed E-state index contributed by atoms with van der Waals surface area (Å²) < 4.78 is 10.4. The molecule has 1 heterocycles. The third-order valence-corrected chi connectivity index (χ3v) is 3.64. The van der Waals surface area contributed by atoms with Crippen LogP contribution in [0.4, 0.5) is 5.69 Å². The third kappa shape index (κ3) is 2.56. The lowest BCUT2D eigenvalue weighted by Gasteiger charge is -2.12. The van der Waals surface area contributed by atoms with Gasteiger partial charge in [-0.2, -0.15) is 0 Å². The van der Waals surface area contributed by atoms with Crippen LogP contribution < -0.4 is 20.1 Å². The Labute approximate surface area is 137 Å². The highest BCUT2D eigenvalue weighted by molar-refractivity contribution is 6.22. The summed E-state index contributed by atoms with van der Waals surface area (Å²) in [6, 6.07) is 9.46. The van der Waals surface area contributed by atoms with E-state index in [0.717, 1.165) is 0 Å². The van der Waals surface area contributed by atoms with Crippen LogP contribution in [0.5, 0.6) is 11.5 Å². The van der Waals surface area contributed by atoms with Crippen LogP contribution in [0.2, 0.25) is 0 Å². The minimum Gasteiger partial charge on any atom is -0.493 e. The molecular weight excluding hydrogens is 312 g/mol. The average molecular weight is 326 g/mol. The number of rotatable bonds is 4. The molecule has 0 saturated carbocycles. The van der Waals surface area contributed by atoms with E-state index in [9.17, 15) is 14.4 Å². The Kier molecular flexibility index (Phi) is 3.91.